The van der Waals surface area contributed by atoms with Gasteiger partial charge in [0.2, 0.25) is 0 Å². The summed E-state index contributed by atoms with van der Waals surface area (Å²) in [5.41, 5.74) is 0.371. The van der Waals surface area contributed by atoms with Crippen LogP contribution in [0.25, 0.3) is 0 Å². The summed E-state index contributed by atoms with van der Waals surface area (Å²) in [6.07, 6.45) is 0. The molecule has 0 saturated carbocycles. The molecule has 1 aromatic rings. The van der Waals surface area contributed by atoms with Crippen molar-refractivity contribution in [2.24, 2.45) is 0 Å². The van der Waals surface area contributed by atoms with Crippen LogP contribution in [-0.2, 0) is 0 Å². The number of hydrogen-bond donors (Lipinski definition) is 0. The molecule has 1 aromatic carbocycles. The number of hydrogen-bond acceptors (Lipinski definition) is 1. The van der Waals surface area contributed by atoms with Gasteiger partial charge in [0, 0.05) is 0 Å². The van der Waals surface area contributed by atoms with E-state index in [0.29, 0.717) is 17.9 Å². The van der Waals surface area contributed by atoms with Gasteiger partial charge in [0.1, 0.15) is 11.6 Å². The third-order valence-corrected chi connectivity index (χ3v) is 1.33. The molecule has 0 unspecified atom stereocenters. The molecule has 0 N–H and O–H groups in total. The van der Waals surface area contributed by atoms with E-state index < -0.39 is 0 Å². The van der Waals surface area contributed by atoms with Crippen molar-refractivity contribution < 1.29 is 9.13 Å². The quantitative estimate of drug-likeness (QED) is 0.634. The molecule has 0 saturated heterocycles. The van der Waals surface area contributed by atoms with Gasteiger partial charge in [0.15, 0.2) is 0 Å². The Balaban J connectivity index is 2.86. The van der Waals surface area contributed by atoms with Crippen LogP contribution in [0.2, 0.25) is 0 Å². The lowest BCUT2D eigenvalue weighted by Gasteiger charge is -2.03. The molecule has 59 valence electrons. The fourth-order valence-corrected chi connectivity index (χ4v) is 0.808. The molecule has 0 aliphatic carbocycles. The molecule has 1 rings (SSSR count). The van der Waals surface area contributed by atoms with Gasteiger partial charge >= 0.3 is 0 Å². The molecule has 0 aliphatic rings. The maximum Gasteiger partial charge on any atom is 0.126 e. The van der Waals surface area contributed by atoms with Crippen LogP contribution < -0.4 is 4.74 Å². The zero-order chi connectivity index (χ0) is 8.27. The summed E-state index contributed by atoms with van der Waals surface area (Å²) in [4.78, 5) is 0. The molecular weight excluding hydrogens is 143 g/mol. The van der Waals surface area contributed by atoms with Gasteiger partial charge < -0.3 is 4.74 Å². The maximum atomic E-state index is 12.6. The molecule has 1 nitrogen and oxygen atoms in total. The lowest BCUT2D eigenvalue weighted by molar-refractivity contribution is 0.339. The van der Waals surface area contributed by atoms with Gasteiger partial charge in [0.25, 0.3) is 0 Å². The Morgan fingerprint density at radius 2 is 2.27 bits per heavy atom. The van der Waals surface area contributed by atoms with Gasteiger partial charge in [-0.3, -0.25) is 0 Å². The Morgan fingerprint density at radius 1 is 1.55 bits per heavy atom. The van der Waals surface area contributed by atoms with E-state index in [4.69, 9.17) is 4.74 Å². The highest BCUT2D eigenvalue weighted by atomic mass is 19.1. The van der Waals surface area contributed by atoms with E-state index in [0.717, 1.165) is 0 Å². The average Bonchev–Trinajstić information content (AvgIpc) is 1.98. The topological polar surface area (TPSA) is 9.23 Å². The van der Waals surface area contributed by atoms with Crippen LogP contribution in [0.1, 0.15) is 12.5 Å². The van der Waals surface area contributed by atoms with E-state index in [1.165, 1.54) is 6.07 Å². The van der Waals surface area contributed by atoms with Crippen molar-refractivity contribution in [1.82, 2.24) is 0 Å². The summed E-state index contributed by atoms with van der Waals surface area (Å²) in [5, 5.41) is 0. The summed E-state index contributed by atoms with van der Waals surface area (Å²) in [7, 11) is 0. The fourth-order valence-electron chi connectivity index (χ4n) is 0.808. The van der Waals surface area contributed by atoms with Gasteiger partial charge in [-0.1, -0.05) is 0 Å². The molecule has 0 aromatic heterocycles. The van der Waals surface area contributed by atoms with Gasteiger partial charge in [-0.2, -0.15) is 0 Å². The molecule has 1 radical (unpaired) electrons. The zero-order valence-electron chi connectivity index (χ0n) is 6.43. The van der Waals surface area contributed by atoms with Crippen LogP contribution >= 0.6 is 0 Å². The van der Waals surface area contributed by atoms with Crippen molar-refractivity contribution in [1.29, 1.82) is 0 Å². The number of halogens is 1. The van der Waals surface area contributed by atoms with Crippen LogP contribution in [0.5, 0.6) is 5.75 Å². The smallest absolute Gasteiger partial charge is 0.126 e. The fraction of sp³-hybridized carbons (Fsp3) is 0.222. The second kappa shape index (κ2) is 3.37. The minimum atomic E-state index is -0.298. The van der Waals surface area contributed by atoms with Gasteiger partial charge in [0.05, 0.1) is 6.61 Å². The summed E-state index contributed by atoms with van der Waals surface area (Å²) in [6, 6.07) is 4.53. The normalized spacial score (nSPS) is 9.73. The predicted octanol–water partition coefficient (Wildman–Crippen LogP) is 2.41. The van der Waals surface area contributed by atoms with Crippen molar-refractivity contribution >= 4 is 0 Å². The van der Waals surface area contributed by atoms with Crippen molar-refractivity contribution in [3.63, 3.8) is 0 Å². The van der Waals surface area contributed by atoms with E-state index in [1.807, 2.05) is 6.92 Å². The Hall–Kier alpha value is -1.05. The second-order valence-electron chi connectivity index (χ2n) is 2.19. The highest BCUT2D eigenvalue weighted by Crippen LogP contribution is 2.15. The first-order chi connectivity index (χ1) is 5.24. The van der Waals surface area contributed by atoms with Gasteiger partial charge in [-0.15, -0.1) is 0 Å². The van der Waals surface area contributed by atoms with Crippen molar-refractivity contribution in [3.8, 4) is 5.75 Å². The van der Waals surface area contributed by atoms with E-state index >= 15 is 0 Å². The molecule has 0 spiro atoms. The minimum Gasteiger partial charge on any atom is -0.494 e. The molecular formula is C9H10FO. The van der Waals surface area contributed by atoms with Crippen molar-refractivity contribution in [3.05, 3.63) is 36.5 Å². The van der Waals surface area contributed by atoms with E-state index in [9.17, 15) is 4.39 Å². The Morgan fingerprint density at radius 3 is 2.82 bits per heavy atom. The molecule has 0 atom stereocenters. The molecule has 0 amide bonds. The van der Waals surface area contributed by atoms with Crippen LogP contribution in [0, 0.1) is 12.7 Å². The Kier molecular flexibility index (Phi) is 2.47. The molecule has 0 bridgehead atoms. The van der Waals surface area contributed by atoms with Crippen molar-refractivity contribution in [2.75, 3.05) is 6.61 Å². The first kappa shape index (κ1) is 8.05. The standard InChI is InChI=1S/C9H10FO/c1-3-11-8-4-5-9(10)7(2)6-8/h4-6H,2-3H2,1H3. The summed E-state index contributed by atoms with van der Waals surface area (Å²) >= 11 is 0. The van der Waals surface area contributed by atoms with E-state index in [2.05, 4.69) is 6.92 Å². The lowest BCUT2D eigenvalue weighted by Crippen LogP contribution is -1.92. The third kappa shape index (κ3) is 1.93. The highest BCUT2D eigenvalue weighted by molar-refractivity contribution is 5.31. The first-order valence-corrected chi connectivity index (χ1v) is 3.48. The lowest BCUT2D eigenvalue weighted by atomic mass is 10.2. The summed E-state index contributed by atoms with van der Waals surface area (Å²) in [5.74, 6) is 0.368. The third-order valence-electron chi connectivity index (χ3n) is 1.33. The Labute approximate surface area is 65.8 Å². The number of rotatable bonds is 2. The van der Waals surface area contributed by atoms with Crippen molar-refractivity contribution in [2.45, 2.75) is 6.92 Å². The number of ether oxygens (including phenoxy) is 1. The average molecular weight is 153 g/mol. The highest BCUT2D eigenvalue weighted by Gasteiger charge is 1.97. The minimum absolute atomic E-state index is 0.298. The molecule has 2 heteroatoms. The summed E-state index contributed by atoms with van der Waals surface area (Å²) in [6.45, 7) is 5.98. The van der Waals surface area contributed by atoms with E-state index in [-0.39, 0.29) is 5.82 Å². The Bertz CT molecular complexity index is 245. The summed E-state index contributed by atoms with van der Waals surface area (Å²) < 4.78 is 17.8. The zero-order valence-corrected chi connectivity index (χ0v) is 6.43. The monoisotopic (exact) mass is 153 g/mol. The van der Waals surface area contributed by atoms with Crippen LogP contribution in [0.15, 0.2) is 18.2 Å². The van der Waals surface area contributed by atoms with Crippen LogP contribution in [-0.4, -0.2) is 6.61 Å². The predicted molar refractivity (Wildman–Crippen MR) is 42.0 cm³/mol. The molecule has 11 heavy (non-hydrogen) atoms. The molecule has 0 fully saturated rings. The van der Waals surface area contributed by atoms with Crippen LogP contribution in [0.4, 0.5) is 4.39 Å². The first-order valence-electron chi connectivity index (χ1n) is 3.48. The number of benzene rings is 1. The largest absolute Gasteiger partial charge is 0.494 e. The molecule has 0 aliphatic heterocycles. The van der Waals surface area contributed by atoms with Crippen LogP contribution in [0.3, 0.4) is 0 Å². The van der Waals surface area contributed by atoms with Gasteiger partial charge in [-0.05, 0) is 37.6 Å². The van der Waals surface area contributed by atoms with Gasteiger partial charge in [-0.25, -0.2) is 4.39 Å². The molecule has 0 heterocycles. The second-order valence-corrected chi connectivity index (χ2v) is 2.19. The van der Waals surface area contributed by atoms with E-state index in [1.54, 1.807) is 12.1 Å². The SMILES string of the molecule is [CH2]c1cc(OCC)ccc1F. The maximum absolute atomic E-state index is 12.6.